The highest BCUT2D eigenvalue weighted by molar-refractivity contribution is 5.08. The Bertz CT molecular complexity index is 565. The Hall–Kier alpha value is -0.920. The van der Waals surface area contributed by atoms with Crippen molar-refractivity contribution in [3.63, 3.8) is 0 Å². The van der Waals surface area contributed by atoms with Gasteiger partial charge in [-0.2, -0.15) is 0 Å². The summed E-state index contributed by atoms with van der Waals surface area (Å²) in [5.41, 5.74) is 1.34. The topological polar surface area (TPSA) is 25.8 Å². The quantitative estimate of drug-likeness (QED) is 0.294. The van der Waals surface area contributed by atoms with Gasteiger partial charge in [0.25, 0.3) is 0 Å². The number of rotatable bonds is 13. The van der Waals surface area contributed by atoms with Crippen LogP contribution in [0.4, 0.5) is 0 Å². The number of aryl methyl sites for hydroxylation is 1. The fourth-order valence-corrected chi connectivity index (χ4v) is 6.10. The van der Waals surface area contributed by atoms with Crippen LogP contribution in [0.5, 0.6) is 0 Å². The number of nitrogens with zero attached hydrogens (tertiary/aromatic N) is 2. The van der Waals surface area contributed by atoms with E-state index in [4.69, 9.17) is 9.97 Å². The van der Waals surface area contributed by atoms with Gasteiger partial charge >= 0.3 is 0 Å². The summed E-state index contributed by atoms with van der Waals surface area (Å²) in [6, 6.07) is 0. The largest absolute Gasteiger partial charge is 0.241 e. The first-order chi connectivity index (χ1) is 15.3. The van der Waals surface area contributed by atoms with Crippen molar-refractivity contribution in [1.82, 2.24) is 9.97 Å². The van der Waals surface area contributed by atoms with Crippen LogP contribution in [-0.4, -0.2) is 9.97 Å². The van der Waals surface area contributed by atoms with Gasteiger partial charge in [0.2, 0.25) is 0 Å². The molecule has 2 heteroatoms. The first-order valence-corrected chi connectivity index (χ1v) is 14.1. The maximum Gasteiger partial charge on any atom is 0.131 e. The molecule has 0 saturated heterocycles. The van der Waals surface area contributed by atoms with E-state index < -0.39 is 0 Å². The third-order valence-electron chi connectivity index (χ3n) is 8.53. The van der Waals surface area contributed by atoms with E-state index in [2.05, 4.69) is 26.2 Å². The van der Waals surface area contributed by atoms with E-state index in [1.807, 2.05) is 0 Å². The van der Waals surface area contributed by atoms with Crippen molar-refractivity contribution in [2.24, 2.45) is 17.8 Å². The van der Waals surface area contributed by atoms with E-state index >= 15 is 0 Å². The zero-order valence-electron chi connectivity index (χ0n) is 20.8. The second-order valence-corrected chi connectivity index (χ2v) is 10.9. The first-order valence-electron chi connectivity index (χ1n) is 14.1. The molecule has 0 aliphatic heterocycles. The number of unbranched alkanes of at least 4 members (excludes halogenated alkanes) is 6. The Balaban J connectivity index is 1.28. The monoisotopic (exact) mass is 426 g/mol. The summed E-state index contributed by atoms with van der Waals surface area (Å²) >= 11 is 0. The number of hydrogen-bond donors (Lipinski definition) is 0. The minimum atomic E-state index is 0.615. The molecule has 2 fully saturated rings. The molecule has 1 aromatic heterocycles. The van der Waals surface area contributed by atoms with Crippen molar-refractivity contribution in [2.45, 2.75) is 142 Å². The Labute approximate surface area is 193 Å². The van der Waals surface area contributed by atoms with Crippen LogP contribution in [0.15, 0.2) is 12.4 Å². The zero-order chi connectivity index (χ0) is 21.7. The van der Waals surface area contributed by atoms with Crippen LogP contribution in [0.3, 0.4) is 0 Å². The standard InChI is InChI=1S/C29H50N2/c1-3-5-6-7-8-9-10-11-27-22-30-29(31-23-27)28-20-18-26(19-21-28)17-16-25-14-12-24(4-2)13-15-25/h22-26,28H,3-21H2,1-2H3/t24-,25-,26?,28?. The molecule has 0 spiro atoms. The molecule has 2 saturated carbocycles. The molecule has 2 nitrogen and oxygen atoms in total. The molecule has 0 bridgehead atoms. The Kier molecular flexibility index (Phi) is 11.4. The second kappa shape index (κ2) is 14.3. The molecular weight excluding hydrogens is 376 g/mol. The highest BCUT2D eigenvalue weighted by atomic mass is 14.9. The summed E-state index contributed by atoms with van der Waals surface area (Å²) < 4.78 is 0. The average molecular weight is 427 g/mol. The van der Waals surface area contributed by atoms with Crippen LogP contribution < -0.4 is 0 Å². The van der Waals surface area contributed by atoms with Crippen LogP contribution in [0.1, 0.15) is 147 Å². The van der Waals surface area contributed by atoms with E-state index in [0.717, 1.165) is 30.0 Å². The van der Waals surface area contributed by atoms with Crippen molar-refractivity contribution in [1.29, 1.82) is 0 Å². The minimum absolute atomic E-state index is 0.615. The van der Waals surface area contributed by atoms with Gasteiger partial charge in [0.1, 0.15) is 5.82 Å². The fraction of sp³-hybridized carbons (Fsp3) is 0.862. The van der Waals surface area contributed by atoms with Gasteiger partial charge in [-0.25, -0.2) is 9.97 Å². The molecule has 0 atom stereocenters. The Morgan fingerprint density at radius 3 is 1.74 bits per heavy atom. The maximum atomic E-state index is 4.79. The van der Waals surface area contributed by atoms with E-state index in [1.54, 1.807) is 0 Å². The van der Waals surface area contributed by atoms with E-state index in [0.29, 0.717) is 5.92 Å². The first kappa shape index (κ1) is 24.7. The summed E-state index contributed by atoms with van der Waals surface area (Å²) in [5, 5.41) is 0. The van der Waals surface area contributed by atoms with E-state index in [9.17, 15) is 0 Å². The van der Waals surface area contributed by atoms with Crippen molar-refractivity contribution >= 4 is 0 Å². The van der Waals surface area contributed by atoms with Crippen molar-refractivity contribution in [3.05, 3.63) is 23.8 Å². The smallest absolute Gasteiger partial charge is 0.131 e. The van der Waals surface area contributed by atoms with Crippen molar-refractivity contribution in [3.8, 4) is 0 Å². The van der Waals surface area contributed by atoms with Crippen LogP contribution in [0.25, 0.3) is 0 Å². The maximum absolute atomic E-state index is 4.79. The lowest BCUT2D eigenvalue weighted by Gasteiger charge is -2.31. The zero-order valence-corrected chi connectivity index (χ0v) is 20.8. The molecule has 0 radical (unpaired) electrons. The molecule has 0 unspecified atom stereocenters. The molecule has 176 valence electrons. The number of aromatic nitrogens is 2. The van der Waals surface area contributed by atoms with E-state index in [-0.39, 0.29) is 0 Å². The molecule has 0 amide bonds. The van der Waals surface area contributed by atoms with Crippen molar-refractivity contribution < 1.29 is 0 Å². The lowest BCUT2D eigenvalue weighted by atomic mass is 9.75. The van der Waals surface area contributed by atoms with Crippen LogP contribution in [0.2, 0.25) is 0 Å². The lowest BCUT2D eigenvalue weighted by Crippen LogP contribution is -2.18. The molecule has 0 aromatic carbocycles. The van der Waals surface area contributed by atoms with Gasteiger partial charge in [0.15, 0.2) is 0 Å². The number of hydrogen-bond acceptors (Lipinski definition) is 2. The van der Waals surface area contributed by atoms with Gasteiger partial charge in [-0.05, 0) is 61.8 Å². The molecule has 2 aliphatic rings. The molecular formula is C29H50N2. The normalized spacial score (nSPS) is 26.8. The summed E-state index contributed by atoms with van der Waals surface area (Å²) in [7, 11) is 0. The summed E-state index contributed by atoms with van der Waals surface area (Å²) in [4.78, 5) is 9.58. The van der Waals surface area contributed by atoms with E-state index in [1.165, 1.54) is 121 Å². The Morgan fingerprint density at radius 1 is 0.645 bits per heavy atom. The van der Waals surface area contributed by atoms with Gasteiger partial charge in [-0.3, -0.25) is 0 Å². The average Bonchev–Trinajstić information content (AvgIpc) is 2.83. The van der Waals surface area contributed by atoms with Crippen LogP contribution >= 0.6 is 0 Å². The van der Waals surface area contributed by atoms with Gasteiger partial charge in [-0.15, -0.1) is 0 Å². The molecule has 2 aliphatic carbocycles. The van der Waals surface area contributed by atoms with Crippen LogP contribution in [0, 0.1) is 17.8 Å². The SMILES string of the molecule is CCCCCCCCCc1cnc(C2CCC(CC[C@H]3CC[C@H](CC)CC3)CC2)nc1. The lowest BCUT2D eigenvalue weighted by molar-refractivity contribution is 0.226. The molecule has 1 aromatic rings. The summed E-state index contributed by atoms with van der Waals surface area (Å²) in [6.45, 7) is 4.66. The highest BCUT2D eigenvalue weighted by Gasteiger charge is 2.26. The third-order valence-corrected chi connectivity index (χ3v) is 8.53. The summed E-state index contributed by atoms with van der Waals surface area (Å²) in [5.74, 6) is 4.78. The molecule has 1 heterocycles. The van der Waals surface area contributed by atoms with Gasteiger partial charge < -0.3 is 0 Å². The highest BCUT2D eigenvalue weighted by Crippen LogP contribution is 2.39. The third kappa shape index (κ3) is 8.85. The fourth-order valence-electron chi connectivity index (χ4n) is 6.10. The molecule has 3 rings (SSSR count). The predicted octanol–water partition coefficient (Wildman–Crippen LogP) is 9.04. The minimum Gasteiger partial charge on any atom is -0.241 e. The second-order valence-electron chi connectivity index (χ2n) is 10.9. The van der Waals surface area contributed by atoms with Crippen molar-refractivity contribution in [2.75, 3.05) is 0 Å². The van der Waals surface area contributed by atoms with Gasteiger partial charge in [0.05, 0.1) is 0 Å². The predicted molar refractivity (Wildman–Crippen MR) is 133 cm³/mol. The Morgan fingerprint density at radius 2 is 1.16 bits per heavy atom. The summed E-state index contributed by atoms with van der Waals surface area (Å²) in [6.07, 6.45) is 30.8. The molecule has 0 N–H and O–H groups in total. The van der Waals surface area contributed by atoms with Gasteiger partial charge in [0, 0.05) is 18.3 Å². The van der Waals surface area contributed by atoms with Crippen LogP contribution in [-0.2, 0) is 6.42 Å². The molecule has 31 heavy (non-hydrogen) atoms. The van der Waals surface area contributed by atoms with Gasteiger partial charge in [-0.1, -0.05) is 97.3 Å².